The molecule has 1 heterocycles. The number of hydrogen-bond donors (Lipinski definition) is 0. The maximum Gasteiger partial charge on any atom is 0.255 e. The van der Waals surface area contributed by atoms with Crippen LogP contribution < -0.4 is 0 Å². The highest BCUT2D eigenvalue weighted by atomic mass is 32.9. The van der Waals surface area contributed by atoms with Crippen LogP contribution in [0.3, 0.4) is 0 Å². The molecule has 0 N–H and O–H groups in total. The Morgan fingerprint density at radius 2 is 2.07 bits per heavy atom. The fourth-order valence-corrected chi connectivity index (χ4v) is 5.39. The monoisotopic (exact) mass is 270 g/mol. The van der Waals surface area contributed by atoms with Gasteiger partial charge in [0.1, 0.15) is 19.5 Å². The largest absolute Gasteiger partial charge is 0.493 e. The van der Waals surface area contributed by atoms with Crippen molar-refractivity contribution in [3.8, 4) is 0 Å². The van der Waals surface area contributed by atoms with Gasteiger partial charge in [-0.25, -0.2) is 0 Å². The van der Waals surface area contributed by atoms with Gasteiger partial charge in [-0.05, 0) is 25.7 Å². The second-order valence-electron chi connectivity index (χ2n) is 2.53. The molecule has 0 aliphatic carbocycles. The minimum Gasteiger partial charge on any atom is -0.493 e. The van der Waals surface area contributed by atoms with E-state index in [9.17, 15) is 0 Å². The molecule has 0 fully saturated rings. The van der Waals surface area contributed by atoms with Gasteiger partial charge in [0.05, 0.1) is 13.2 Å². The summed E-state index contributed by atoms with van der Waals surface area (Å²) in [5, 5.41) is 0.645. The first-order valence-electron chi connectivity index (χ1n) is 4.73. The third-order valence-electron chi connectivity index (χ3n) is 1.40. The van der Waals surface area contributed by atoms with Crippen LogP contribution in [0.25, 0.3) is 0 Å². The van der Waals surface area contributed by atoms with Gasteiger partial charge in [-0.15, -0.1) is 0 Å². The van der Waals surface area contributed by atoms with Crippen LogP contribution in [0, 0.1) is 0 Å². The zero-order valence-corrected chi connectivity index (χ0v) is 11.3. The summed E-state index contributed by atoms with van der Waals surface area (Å²) in [6.07, 6.45) is 1.56. The van der Waals surface area contributed by atoms with Gasteiger partial charge < -0.3 is 18.5 Å². The van der Waals surface area contributed by atoms with E-state index in [1.54, 1.807) is 6.26 Å². The minimum atomic E-state index is -2.31. The lowest BCUT2D eigenvalue weighted by Crippen LogP contribution is -2.06. The van der Waals surface area contributed by atoms with Crippen molar-refractivity contribution in [3.63, 3.8) is 0 Å². The van der Waals surface area contributed by atoms with Crippen molar-refractivity contribution >= 4 is 28.9 Å². The molecule has 0 aromatic carbocycles. The summed E-state index contributed by atoms with van der Waals surface area (Å²) in [6, 6.07) is 0. The molecule has 1 aliphatic heterocycles. The van der Waals surface area contributed by atoms with E-state index in [1.165, 1.54) is 11.4 Å². The summed E-state index contributed by atoms with van der Waals surface area (Å²) < 4.78 is 21.4. The van der Waals surface area contributed by atoms with Gasteiger partial charge >= 0.3 is 0 Å². The van der Waals surface area contributed by atoms with Crippen LogP contribution in [0.2, 0.25) is 0 Å². The molecule has 0 saturated carbocycles. The van der Waals surface area contributed by atoms with Crippen LogP contribution >= 0.6 is 17.1 Å². The molecule has 88 valence electrons. The second kappa shape index (κ2) is 6.76. The van der Waals surface area contributed by atoms with Crippen LogP contribution in [0.5, 0.6) is 0 Å². The first-order chi connectivity index (χ1) is 7.20. The molecule has 0 atom stereocenters. The summed E-state index contributed by atoms with van der Waals surface area (Å²) in [5.74, 6) is 0. The minimum absolute atomic E-state index is 0.540. The fraction of sp³-hybridized carbons (Fsp3) is 0.750. The Morgan fingerprint density at radius 1 is 1.40 bits per heavy atom. The van der Waals surface area contributed by atoms with E-state index in [-0.39, 0.29) is 0 Å². The first-order valence-corrected chi connectivity index (χ1v) is 8.79. The molecular weight excluding hydrogens is 255 g/mol. The summed E-state index contributed by atoms with van der Waals surface area (Å²) in [5.41, 5.74) is -2.31. The third kappa shape index (κ3) is 4.74. The first kappa shape index (κ1) is 13.3. The molecule has 7 heteroatoms. The zero-order chi connectivity index (χ0) is 11.1. The Kier molecular flexibility index (Phi) is 6.00. The predicted octanol–water partition coefficient (Wildman–Crippen LogP) is 2.86. The van der Waals surface area contributed by atoms with Crippen molar-refractivity contribution in [2.24, 2.45) is 0 Å². The van der Waals surface area contributed by atoms with Crippen molar-refractivity contribution in [1.29, 1.82) is 0 Å². The Bertz CT molecular complexity index is 259. The number of rotatable bonds is 6. The van der Waals surface area contributed by atoms with E-state index < -0.39 is 5.69 Å². The van der Waals surface area contributed by atoms with Gasteiger partial charge in [-0.1, -0.05) is 0 Å². The van der Waals surface area contributed by atoms with Gasteiger partial charge in [0, 0.05) is 11.4 Å². The Balaban J connectivity index is 2.56. The molecule has 0 spiro atoms. The molecule has 15 heavy (non-hydrogen) atoms. The molecule has 0 aromatic heterocycles. The van der Waals surface area contributed by atoms with Crippen molar-refractivity contribution in [3.05, 3.63) is 11.4 Å². The summed E-state index contributed by atoms with van der Waals surface area (Å²) in [7, 11) is 0. The topological polar surface area (TPSA) is 36.9 Å². The van der Waals surface area contributed by atoms with Crippen LogP contribution in [0.4, 0.5) is 0 Å². The number of ether oxygens (including phenoxy) is 2. The van der Waals surface area contributed by atoms with E-state index in [0.717, 1.165) is 0 Å². The predicted molar refractivity (Wildman–Crippen MR) is 65.1 cm³/mol. The number of hydrogen-bond acceptors (Lipinski definition) is 6. The highest BCUT2D eigenvalue weighted by Crippen LogP contribution is 2.64. The third-order valence-corrected chi connectivity index (χ3v) is 6.31. The fourth-order valence-electron chi connectivity index (χ4n) is 0.916. The highest BCUT2D eigenvalue weighted by Gasteiger charge is 2.23. The molecule has 4 nitrogen and oxygen atoms in total. The Hall–Kier alpha value is 0.260. The summed E-state index contributed by atoms with van der Waals surface area (Å²) in [6.45, 7) is 6.00. The quantitative estimate of drug-likeness (QED) is 0.691. The lowest BCUT2D eigenvalue weighted by molar-refractivity contribution is 0.101. The average Bonchev–Trinajstić information content (AvgIpc) is 2.19. The molecular formula is C8H15O4PS2. The maximum atomic E-state index is 5.46. The lowest BCUT2D eigenvalue weighted by atomic mass is 10.7. The van der Waals surface area contributed by atoms with Gasteiger partial charge in [-0.2, -0.15) is 0 Å². The molecule has 0 unspecified atom stereocenters. The Morgan fingerprint density at radius 3 is 2.53 bits per heavy atom. The second-order valence-corrected chi connectivity index (χ2v) is 8.65. The normalized spacial score (nSPS) is 16.5. The van der Waals surface area contributed by atoms with Gasteiger partial charge in [0.2, 0.25) is 0 Å². The zero-order valence-electron chi connectivity index (χ0n) is 8.80. The molecule has 0 saturated heterocycles. The van der Waals surface area contributed by atoms with Gasteiger partial charge in [-0.3, -0.25) is 0 Å². The summed E-state index contributed by atoms with van der Waals surface area (Å²) in [4.78, 5) is 0. The molecule has 0 amide bonds. The molecule has 1 rings (SSSR count). The van der Waals surface area contributed by atoms with Crippen LogP contribution in [0.15, 0.2) is 11.4 Å². The van der Waals surface area contributed by atoms with E-state index in [0.29, 0.717) is 31.5 Å². The van der Waals surface area contributed by atoms with E-state index in [1.807, 2.05) is 13.8 Å². The van der Waals surface area contributed by atoms with Crippen LogP contribution in [0.1, 0.15) is 13.8 Å². The van der Waals surface area contributed by atoms with Crippen molar-refractivity contribution in [1.82, 2.24) is 0 Å². The van der Waals surface area contributed by atoms with Crippen molar-refractivity contribution < 1.29 is 18.5 Å². The van der Waals surface area contributed by atoms with E-state index >= 15 is 0 Å². The molecule has 0 aromatic rings. The smallest absolute Gasteiger partial charge is 0.255 e. The van der Waals surface area contributed by atoms with Gasteiger partial charge in [0.25, 0.3) is 5.69 Å². The Labute approximate surface area is 99.2 Å². The lowest BCUT2D eigenvalue weighted by Gasteiger charge is -2.22. The van der Waals surface area contributed by atoms with Crippen molar-refractivity contribution in [2.45, 2.75) is 13.8 Å². The molecule has 0 radical (unpaired) electrons. The SMILES string of the molecule is CCOP(=S)(OCC)SC1=COCCO1. The average molecular weight is 270 g/mol. The highest BCUT2D eigenvalue weighted by molar-refractivity contribution is 8.69. The van der Waals surface area contributed by atoms with Crippen molar-refractivity contribution in [2.75, 3.05) is 26.4 Å². The standard InChI is InChI=1S/C8H15O4PS2/c1-3-11-13(14,12-4-2)15-8-7-9-5-6-10-8/h7H,3-6H2,1-2H3. The molecule has 0 bridgehead atoms. The van der Waals surface area contributed by atoms with Crippen LogP contribution in [-0.2, 0) is 30.3 Å². The van der Waals surface area contributed by atoms with Gasteiger partial charge in [0.15, 0.2) is 5.09 Å². The summed E-state index contributed by atoms with van der Waals surface area (Å²) >= 11 is 6.65. The molecule has 1 aliphatic rings. The van der Waals surface area contributed by atoms with Crippen LogP contribution in [-0.4, -0.2) is 26.4 Å². The maximum absolute atomic E-state index is 5.46. The van der Waals surface area contributed by atoms with E-state index in [2.05, 4.69) is 0 Å². The van der Waals surface area contributed by atoms with E-state index in [4.69, 9.17) is 30.3 Å².